The van der Waals surface area contributed by atoms with Gasteiger partial charge in [0.05, 0.1) is 5.92 Å². The molecule has 0 aromatic rings. The van der Waals surface area contributed by atoms with Crippen LogP contribution in [0.4, 0.5) is 0 Å². The molecule has 3 atom stereocenters. The second-order valence-corrected chi connectivity index (χ2v) is 6.62. The van der Waals surface area contributed by atoms with Crippen LogP contribution in [0.2, 0.25) is 0 Å². The number of rotatable bonds is 4. The van der Waals surface area contributed by atoms with Gasteiger partial charge in [-0.2, -0.15) is 0 Å². The van der Waals surface area contributed by atoms with Crippen molar-refractivity contribution in [3.05, 3.63) is 0 Å². The van der Waals surface area contributed by atoms with Crippen LogP contribution in [0.25, 0.3) is 0 Å². The molecular weight excluding hydrogens is 266 g/mol. The predicted octanol–water partition coefficient (Wildman–Crippen LogP) is 1.27. The number of carbonyl (C=O) groups excluding carboxylic acids is 2. The first-order chi connectivity index (χ1) is 10.1. The molecule has 21 heavy (non-hydrogen) atoms. The average Bonchev–Trinajstić information content (AvgIpc) is 2.52. The zero-order chi connectivity index (χ0) is 15.2. The predicted molar refractivity (Wildman–Crippen MR) is 82.5 cm³/mol. The molecule has 1 heterocycles. The lowest BCUT2D eigenvalue weighted by atomic mass is 9.83. The Hall–Kier alpha value is -1.10. The number of carbonyl (C=O) groups is 2. The monoisotopic (exact) mass is 295 g/mol. The van der Waals surface area contributed by atoms with Gasteiger partial charge in [-0.1, -0.05) is 12.8 Å². The Morgan fingerprint density at radius 1 is 1.24 bits per heavy atom. The number of amides is 2. The molecule has 120 valence electrons. The van der Waals surface area contributed by atoms with Crippen molar-refractivity contribution in [2.75, 3.05) is 20.1 Å². The van der Waals surface area contributed by atoms with Crippen LogP contribution in [-0.4, -0.2) is 42.9 Å². The summed E-state index contributed by atoms with van der Waals surface area (Å²) in [6.07, 6.45) is 7.98. The topological polar surface area (TPSA) is 75.4 Å². The van der Waals surface area contributed by atoms with Gasteiger partial charge in [0.25, 0.3) is 0 Å². The Morgan fingerprint density at radius 3 is 2.76 bits per heavy atom. The van der Waals surface area contributed by atoms with Crippen LogP contribution in [0.1, 0.15) is 51.4 Å². The first-order valence-corrected chi connectivity index (χ1v) is 8.35. The molecule has 1 aliphatic heterocycles. The lowest BCUT2D eigenvalue weighted by Crippen LogP contribution is -2.44. The molecule has 0 spiro atoms. The largest absolute Gasteiger partial charge is 0.359 e. The minimum atomic E-state index is -0.0317. The van der Waals surface area contributed by atoms with E-state index in [4.69, 9.17) is 5.73 Å². The first kappa shape index (κ1) is 16.3. The second kappa shape index (κ2) is 7.78. The maximum absolute atomic E-state index is 12.3. The minimum Gasteiger partial charge on any atom is -0.359 e. The highest BCUT2D eigenvalue weighted by molar-refractivity contribution is 5.81. The Morgan fingerprint density at radius 2 is 2.05 bits per heavy atom. The Bertz CT molecular complexity index is 373. The van der Waals surface area contributed by atoms with E-state index in [9.17, 15) is 9.59 Å². The normalized spacial score (nSPS) is 30.0. The van der Waals surface area contributed by atoms with E-state index in [0.717, 1.165) is 38.6 Å². The molecule has 0 aromatic heterocycles. The van der Waals surface area contributed by atoms with E-state index in [2.05, 4.69) is 5.32 Å². The van der Waals surface area contributed by atoms with Crippen molar-refractivity contribution in [3.63, 3.8) is 0 Å². The van der Waals surface area contributed by atoms with Crippen molar-refractivity contribution in [1.29, 1.82) is 0 Å². The van der Waals surface area contributed by atoms with Crippen molar-refractivity contribution in [2.45, 2.75) is 57.4 Å². The molecule has 1 aliphatic carbocycles. The van der Waals surface area contributed by atoms with Gasteiger partial charge < -0.3 is 16.0 Å². The molecule has 5 nitrogen and oxygen atoms in total. The fraction of sp³-hybridized carbons (Fsp3) is 0.875. The number of nitrogens with zero attached hydrogens (tertiary/aromatic N) is 1. The summed E-state index contributed by atoms with van der Waals surface area (Å²) in [4.78, 5) is 25.9. The lowest BCUT2D eigenvalue weighted by molar-refractivity contribution is -0.135. The van der Waals surface area contributed by atoms with E-state index >= 15 is 0 Å². The zero-order valence-corrected chi connectivity index (χ0v) is 13.1. The summed E-state index contributed by atoms with van der Waals surface area (Å²) < 4.78 is 0. The third-order valence-electron chi connectivity index (χ3n) is 4.98. The van der Waals surface area contributed by atoms with Crippen molar-refractivity contribution < 1.29 is 9.59 Å². The van der Waals surface area contributed by atoms with Crippen LogP contribution in [0.3, 0.4) is 0 Å². The van der Waals surface area contributed by atoms with Gasteiger partial charge in [-0.3, -0.25) is 9.59 Å². The van der Waals surface area contributed by atoms with E-state index in [1.54, 1.807) is 7.05 Å². The van der Waals surface area contributed by atoms with Crippen LogP contribution in [0.5, 0.6) is 0 Å². The molecule has 5 heteroatoms. The minimum absolute atomic E-state index is 0.0317. The highest BCUT2D eigenvalue weighted by atomic mass is 16.2. The van der Waals surface area contributed by atoms with Crippen LogP contribution >= 0.6 is 0 Å². The molecule has 2 rings (SSSR count). The summed E-state index contributed by atoms with van der Waals surface area (Å²) in [5, 5.41) is 2.69. The van der Waals surface area contributed by atoms with Gasteiger partial charge in [0.15, 0.2) is 0 Å². The van der Waals surface area contributed by atoms with Gasteiger partial charge in [0, 0.05) is 32.6 Å². The molecule has 3 unspecified atom stereocenters. The van der Waals surface area contributed by atoms with Crippen LogP contribution < -0.4 is 11.1 Å². The number of nitrogens with two attached hydrogens (primary N) is 1. The molecule has 1 saturated carbocycles. The molecule has 2 amide bonds. The highest BCUT2D eigenvalue weighted by Crippen LogP contribution is 2.27. The zero-order valence-electron chi connectivity index (χ0n) is 13.1. The fourth-order valence-corrected chi connectivity index (χ4v) is 3.70. The summed E-state index contributed by atoms with van der Waals surface area (Å²) in [6.45, 7) is 1.39. The highest BCUT2D eigenvalue weighted by Gasteiger charge is 2.28. The van der Waals surface area contributed by atoms with Gasteiger partial charge in [-0.15, -0.1) is 0 Å². The van der Waals surface area contributed by atoms with Gasteiger partial charge in [-0.25, -0.2) is 0 Å². The van der Waals surface area contributed by atoms with E-state index in [1.807, 2.05) is 4.90 Å². The second-order valence-electron chi connectivity index (χ2n) is 6.62. The summed E-state index contributed by atoms with van der Waals surface area (Å²) >= 11 is 0. The van der Waals surface area contributed by atoms with Gasteiger partial charge in [-0.05, 0) is 38.0 Å². The van der Waals surface area contributed by atoms with Crippen molar-refractivity contribution >= 4 is 11.8 Å². The lowest BCUT2D eigenvalue weighted by Gasteiger charge is -2.33. The van der Waals surface area contributed by atoms with Crippen LogP contribution in [-0.2, 0) is 9.59 Å². The Kier molecular flexibility index (Phi) is 6.03. The number of hydrogen-bond acceptors (Lipinski definition) is 3. The summed E-state index contributed by atoms with van der Waals surface area (Å²) in [6, 6.07) is 0.325. The SMILES string of the molecule is CNC(=O)C1CCCN(C(=O)CCC2CCCC(N)C2)C1. The molecule has 0 aromatic carbocycles. The third-order valence-corrected chi connectivity index (χ3v) is 4.98. The molecule has 1 saturated heterocycles. The van der Waals surface area contributed by atoms with E-state index in [1.165, 1.54) is 12.8 Å². The molecule has 2 fully saturated rings. The van der Waals surface area contributed by atoms with Gasteiger partial charge >= 0.3 is 0 Å². The third kappa shape index (κ3) is 4.70. The number of nitrogens with one attached hydrogen (secondary N) is 1. The standard InChI is InChI=1S/C16H29N3O2/c1-18-16(21)13-5-3-9-19(11-13)15(20)8-7-12-4-2-6-14(17)10-12/h12-14H,2-11,17H2,1H3,(H,18,21). The van der Waals surface area contributed by atoms with Crippen molar-refractivity contribution in [2.24, 2.45) is 17.6 Å². The van der Waals surface area contributed by atoms with Crippen LogP contribution in [0, 0.1) is 11.8 Å². The quantitative estimate of drug-likeness (QED) is 0.820. The van der Waals surface area contributed by atoms with Crippen molar-refractivity contribution in [1.82, 2.24) is 10.2 Å². The summed E-state index contributed by atoms with van der Waals surface area (Å²) in [5.74, 6) is 0.849. The Balaban J connectivity index is 1.76. The molecule has 0 radical (unpaired) electrons. The maximum atomic E-state index is 12.3. The molecular formula is C16H29N3O2. The average molecular weight is 295 g/mol. The van der Waals surface area contributed by atoms with Crippen molar-refractivity contribution in [3.8, 4) is 0 Å². The van der Waals surface area contributed by atoms with Gasteiger partial charge in [0.2, 0.25) is 11.8 Å². The number of likely N-dealkylation sites (tertiary alicyclic amines) is 1. The fourth-order valence-electron chi connectivity index (χ4n) is 3.70. The van der Waals surface area contributed by atoms with E-state index in [-0.39, 0.29) is 17.7 Å². The molecule has 0 bridgehead atoms. The smallest absolute Gasteiger partial charge is 0.224 e. The number of piperidine rings is 1. The first-order valence-electron chi connectivity index (χ1n) is 8.35. The number of hydrogen-bond donors (Lipinski definition) is 2. The Labute approximate surface area is 127 Å². The van der Waals surface area contributed by atoms with E-state index in [0.29, 0.717) is 24.9 Å². The van der Waals surface area contributed by atoms with Gasteiger partial charge in [0.1, 0.15) is 0 Å². The molecule has 3 N–H and O–H groups in total. The summed E-state index contributed by atoms with van der Waals surface area (Å²) in [5.41, 5.74) is 6.00. The molecule has 2 aliphatic rings. The summed E-state index contributed by atoms with van der Waals surface area (Å²) in [7, 11) is 1.66. The van der Waals surface area contributed by atoms with Crippen LogP contribution in [0.15, 0.2) is 0 Å². The maximum Gasteiger partial charge on any atom is 0.224 e. The van der Waals surface area contributed by atoms with E-state index < -0.39 is 0 Å².